The molecule has 2 aromatic rings. The highest BCUT2D eigenvalue weighted by Gasteiger charge is 2.25. The number of piperazine rings is 1. The summed E-state index contributed by atoms with van der Waals surface area (Å²) < 4.78 is 0. The van der Waals surface area contributed by atoms with Crippen molar-refractivity contribution >= 4 is 75.5 Å². The highest BCUT2D eigenvalue weighted by Crippen LogP contribution is 2.41. The lowest BCUT2D eigenvalue weighted by Gasteiger charge is -2.34. The van der Waals surface area contributed by atoms with Gasteiger partial charge in [-0.25, -0.2) is 0 Å². The number of carbonyl (C=O) groups is 2. The van der Waals surface area contributed by atoms with E-state index < -0.39 is 0 Å². The van der Waals surface area contributed by atoms with Gasteiger partial charge in [0.1, 0.15) is 0 Å². The molecule has 154 valence electrons. The zero-order valence-corrected chi connectivity index (χ0v) is 18.8. The highest BCUT2D eigenvalue weighted by atomic mass is 35.5. The SMILES string of the molecule is O=C(CN1CCN(C(=O)c2ccccc2Cl)CC1)Nc1c(Cl)c(Cl)cc(Cl)c1Cl. The van der Waals surface area contributed by atoms with Crippen molar-refractivity contribution in [2.24, 2.45) is 0 Å². The van der Waals surface area contributed by atoms with Crippen molar-refractivity contribution in [2.75, 3.05) is 38.0 Å². The van der Waals surface area contributed by atoms with E-state index >= 15 is 0 Å². The van der Waals surface area contributed by atoms with Gasteiger partial charge in [0.25, 0.3) is 5.91 Å². The first-order chi connectivity index (χ1) is 13.8. The second kappa shape index (κ2) is 9.73. The Kier molecular flexibility index (Phi) is 7.54. The molecule has 0 radical (unpaired) electrons. The lowest BCUT2D eigenvalue weighted by atomic mass is 10.2. The van der Waals surface area contributed by atoms with Gasteiger partial charge in [-0.15, -0.1) is 0 Å². The van der Waals surface area contributed by atoms with Crippen molar-refractivity contribution in [3.8, 4) is 0 Å². The fourth-order valence-corrected chi connectivity index (χ4v) is 4.10. The molecule has 1 heterocycles. The minimum absolute atomic E-state index is 0.116. The van der Waals surface area contributed by atoms with Gasteiger partial charge in [0.05, 0.1) is 42.9 Å². The van der Waals surface area contributed by atoms with Crippen molar-refractivity contribution in [1.29, 1.82) is 0 Å². The van der Waals surface area contributed by atoms with Gasteiger partial charge in [0.15, 0.2) is 0 Å². The largest absolute Gasteiger partial charge is 0.336 e. The van der Waals surface area contributed by atoms with Crippen LogP contribution >= 0.6 is 58.0 Å². The Balaban J connectivity index is 1.57. The minimum atomic E-state index is -0.307. The Labute approximate surface area is 193 Å². The van der Waals surface area contributed by atoms with Gasteiger partial charge < -0.3 is 10.2 Å². The summed E-state index contributed by atoms with van der Waals surface area (Å²) in [6.45, 7) is 2.18. The van der Waals surface area contributed by atoms with Crippen molar-refractivity contribution in [3.05, 3.63) is 61.0 Å². The monoisotopic (exact) mass is 493 g/mol. The Morgan fingerprint density at radius 3 is 2.03 bits per heavy atom. The number of anilines is 1. The summed E-state index contributed by atoms with van der Waals surface area (Å²) in [5.41, 5.74) is 0.658. The zero-order chi connectivity index (χ0) is 21.1. The maximum atomic E-state index is 12.6. The molecular weight excluding hydrogens is 479 g/mol. The second-order valence-electron chi connectivity index (χ2n) is 6.44. The van der Waals surface area contributed by atoms with Gasteiger partial charge in [0, 0.05) is 26.2 Å². The third kappa shape index (κ3) is 5.29. The molecular formula is C19H16Cl5N3O2. The van der Waals surface area contributed by atoms with Crippen molar-refractivity contribution in [3.63, 3.8) is 0 Å². The summed E-state index contributed by atoms with van der Waals surface area (Å²) in [6, 6.07) is 8.36. The van der Waals surface area contributed by atoms with Crippen LogP contribution in [0.5, 0.6) is 0 Å². The van der Waals surface area contributed by atoms with E-state index in [4.69, 9.17) is 58.0 Å². The lowest BCUT2D eigenvalue weighted by molar-refractivity contribution is -0.117. The van der Waals surface area contributed by atoms with Crippen LogP contribution in [0.4, 0.5) is 5.69 Å². The van der Waals surface area contributed by atoms with E-state index in [9.17, 15) is 9.59 Å². The highest BCUT2D eigenvalue weighted by molar-refractivity contribution is 6.50. The number of halogens is 5. The molecule has 29 heavy (non-hydrogen) atoms. The van der Waals surface area contributed by atoms with Crippen LogP contribution in [-0.4, -0.2) is 54.3 Å². The van der Waals surface area contributed by atoms with Crippen LogP contribution in [0.1, 0.15) is 10.4 Å². The third-order valence-corrected chi connectivity index (χ3v) is 6.41. The second-order valence-corrected chi connectivity index (χ2v) is 8.42. The summed E-state index contributed by atoms with van der Waals surface area (Å²) in [5, 5.41) is 3.74. The molecule has 0 bridgehead atoms. The Morgan fingerprint density at radius 2 is 1.45 bits per heavy atom. The molecule has 1 fully saturated rings. The Bertz CT molecular complexity index is 919. The lowest BCUT2D eigenvalue weighted by Crippen LogP contribution is -2.50. The van der Waals surface area contributed by atoms with Crippen LogP contribution in [0.15, 0.2) is 30.3 Å². The molecule has 0 unspecified atom stereocenters. The molecule has 10 heteroatoms. The first-order valence-electron chi connectivity index (χ1n) is 8.67. The summed E-state index contributed by atoms with van der Waals surface area (Å²) in [6.07, 6.45) is 0. The van der Waals surface area contributed by atoms with Crippen LogP contribution in [0.3, 0.4) is 0 Å². The van der Waals surface area contributed by atoms with E-state index in [1.165, 1.54) is 6.07 Å². The summed E-state index contributed by atoms with van der Waals surface area (Å²) in [4.78, 5) is 28.7. The van der Waals surface area contributed by atoms with Gasteiger partial charge in [0.2, 0.25) is 5.91 Å². The summed E-state index contributed by atoms with van der Waals surface area (Å²) >= 11 is 30.3. The number of rotatable bonds is 4. The van der Waals surface area contributed by atoms with Crippen molar-refractivity contribution < 1.29 is 9.59 Å². The Hall–Kier alpha value is -1.21. The minimum Gasteiger partial charge on any atom is -0.336 e. The number of carbonyl (C=O) groups excluding carboxylic acids is 2. The number of amides is 2. The van der Waals surface area contributed by atoms with Crippen LogP contribution in [0, 0.1) is 0 Å². The van der Waals surface area contributed by atoms with Crippen LogP contribution < -0.4 is 5.32 Å². The number of nitrogens with zero attached hydrogens (tertiary/aromatic N) is 2. The topological polar surface area (TPSA) is 52.7 Å². The molecule has 2 aromatic carbocycles. The molecule has 1 aliphatic heterocycles. The van der Waals surface area contributed by atoms with E-state index in [0.717, 1.165) is 0 Å². The third-order valence-electron chi connectivity index (χ3n) is 4.51. The molecule has 1 saturated heterocycles. The van der Waals surface area contributed by atoms with Gasteiger partial charge >= 0.3 is 0 Å². The van der Waals surface area contributed by atoms with E-state index in [1.54, 1.807) is 29.2 Å². The summed E-state index contributed by atoms with van der Waals surface area (Å²) in [7, 11) is 0. The van der Waals surface area contributed by atoms with Gasteiger partial charge in [-0.3, -0.25) is 14.5 Å². The molecule has 0 spiro atoms. The fourth-order valence-electron chi connectivity index (χ4n) is 2.98. The predicted molar refractivity (Wildman–Crippen MR) is 119 cm³/mol. The van der Waals surface area contributed by atoms with E-state index in [-0.39, 0.29) is 44.1 Å². The molecule has 0 saturated carbocycles. The average Bonchev–Trinajstić information content (AvgIpc) is 2.70. The van der Waals surface area contributed by atoms with E-state index in [0.29, 0.717) is 36.8 Å². The fraction of sp³-hybridized carbons (Fsp3) is 0.263. The number of nitrogens with one attached hydrogen (secondary N) is 1. The summed E-state index contributed by atoms with van der Waals surface area (Å²) in [5.74, 6) is -0.426. The number of hydrogen-bond donors (Lipinski definition) is 1. The van der Waals surface area contributed by atoms with Crippen molar-refractivity contribution in [2.45, 2.75) is 0 Å². The van der Waals surface area contributed by atoms with Crippen LogP contribution in [0.2, 0.25) is 25.1 Å². The average molecular weight is 496 g/mol. The molecule has 0 aromatic heterocycles. The molecule has 1 N–H and O–H groups in total. The first kappa shape index (κ1) is 22.5. The molecule has 2 amide bonds. The van der Waals surface area contributed by atoms with Gasteiger partial charge in [-0.05, 0) is 18.2 Å². The number of hydrogen-bond acceptors (Lipinski definition) is 3. The molecule has 3 rings (SSSR count). The van der Waals surface area contributed by atoms with Gasteiger partial charge in [-0.1, -0.05) is 70.1 Å². The molecule has 0 atom stereocenters. The maximum Gasteiger partial charge on any atom is 0.255 e. The van der Waals surface area contributed by atoms with E-state index in [1.807, 2.05) is 4.90 Å². The van der Waals surface area contributed by atoms with Gasteiger partial charge in [-0.2, -0.15) is 0 Å². The number of benzene rings is 2. The molecule has 1 aliphatic rings. The normalized spacial score (nSPS) is 14.7. The predicted octanol–water partition coefficient (Wildman–Crippen LogP) is 5.35. The molecule has 0 aliphatic carbocycles. The standard InChI is InChI=1S/C19H16Cl5N3O2/c20-12-4-2-1-3-11(12)19(29)27-7-5-26(6-8-27)10-15(28)25-18-16(23)13(21)9-14(22)17(18)24/h1-4,9H,5-8,10H2,(H,25,28). The first-order valence-corrected chi connectivity index (χ1v) is 10.6. The van der Waals surface area contributed by atoms with Crippen LogP contribution in [-0.2, 0) is 4.79 Å². The maximum absolute atomic E-state index is 12.6. The smallest absolute Gasteiger partial charge is 0.255 e. The zero-order valence-electron chi connectivity index (χ0n) is 15.0. The molecule has 5 nitrogen and oxygen atoms in total. The Morgan fingerprint density at radius 1 is 0.862 bits per heavy atom. The van der Waals surface area contributed by atoms with E-state index in [2.05, 4.69) is 5.32 Å². The van der Waals surface area contributed by atoms with Crippen LogP contribution in [0.25, 0.3) is 0 Å². The quantitative estimate of drug-likeness (QED) is 0.582. The van der Waals surface area contributed by atoms with Crippen molar-refractivity contribution in [1.82, 2.24) is 9.80 Å².